The van der Waals surface area contributed by atoms with Gasteiger partial charge in [0.2, 0.25) is 5.88 Å². The van der Waals surface area contributed by atoms with Gasteiger partial charge in [-0.2, -0.15) is 5.26 Å². The molecule has 0 unspecified atom stereocenters. The fourth-order valence-corrected chi connectivity index (χ4v) is 6.11. The van der Waals surface area contributed by atoms with Crippen molar-refractivity contribution in [2.24, 2.45) is 0 Å². The molecule has 9 heteroatoms. The minimum atomic E-state index is -0.970. The first-order chi connectivity index (χ1) is 15.7. The Hall–Kier alpha value is -2.44. The van der Waals surface area contributed by atoms with Gasteiger partial charge in [-0.15, -0.1) is 11.3 Å². The summed E-state index contributed by atoms with van der Waals surface area (Å²) in [4.78, 5) is 25.2. The Kier molecular flexibility index (Phi) is 6.78. The standard InChI is InChI=1S/C24H32N4O4S/c1-24(2,3)32-23(30)28(4)15-6-8-17(9-7-15)31-21-20-19-14(11-16(29)12-25)5-10-18(19)33-22(20)27-13-26-21/h13-17,29H,5-11H2,1-4H3/t14-,15?,16+,17?/m1/s1. The normalized spacial score (nSPS) is 23.6. The van der Waals surface area contributed by atoms with E-state index in [0.717, 1.165) is 54.3 Å². The van der Waals surface area contributed by atoms with E-state index in [4.69, 9.17) is 14.7 Å². The summed E-state index contributed by atoms with van der Waals surface area (Å²) in [5, 5.41) is 19.9. The summed E-state index contributed by atoms with van der Waals surface area (Å²) < 4.78 is 11.9. The van der Waals surface area contributed by atoms with E-state index < -0.39 is 11.7 Å². The quantitative estimate of drug-likeness (QED) is 0.636. The molecule has 2 aliphatic rings. The van der Waals surface area contributed by atoms with Crippen molar-refractivity contribution in [1.29, 1.82) is 5.26 Å². The van der Waals surface area contributed by atoms with E-state index in [2.05, 4.69) is 9.97 Å². The predicted octanol–water partition coefficient (Wildman–Crippen LogP) is 4.55. The van der Waals surface area contributed by atoms with Crippen LogP contribution in [0.25, 0.3) is 10.2 Å². The number of hydrogen-bond donors (Lipinski definition) is 1. The number of aryl methyl sites for hydroxylation is 1. The third kappa shape index (κ3) is 5.22. The number of rotatable bonds is 5. The molecule has 2 aliphatic carbocycles. The van der Waals surface area contributed by atoms with Crippen LogP contribution in [0.15, 0.2) is 6.33 Å². The molecule has 0 aliphatic heterocycles. The molecule has 2 heterocycles. The molecule has 33 heavy (non-hydrogen) atoms. The predicted molar refractivity (Wildman–Crippen MR) is 125 cm³/mol. The Morgan fingerprint density at radius 3 is 2.70 bits per heavy atom. The van der Waals surface area contributed by atoms with Crippen molar-refractivity contribution >= 4 is 27.6 Å². The summed E-state index contributed by atoms with van der Waals surface area (Å²) >= 11 is 1.66. The molecule has 8 nitrogen and oxygen atoms in total. The van der Waals surface area contributed by atoms with Gasteiger partial charge in [0.05, 0.1) is 11.5 Å². The zero-order valence-electron chi connectivity index (χ0n) is 19.7. The number of nitrogens with zero attached hydrogens (tertiary/aromatic N) is 4. The number of carbonyl (C=O) groups is 1. The molecule has 1 N–H and O–H groups in total. The lowest BCUT2D eigenvalue weighted by Crippen LogP contribution is -2.43. The van der Waals surface area contributed by atoms with Crippen molar-refractivity contribution in [3.63, 3.8) is 0 Å². The molecule has 2 atom stereocenters. The fraction of sp³-hybridized carbons (Fsp3) is 0.667. The number of aliphatic hydroxyl groups is 1. The molecule has 2 aromatic heterocycles. The second-order valence-corrected chi connectivity index (χ2v) is 11.1. The molecule has 2 aromatic rings. The molecule has 0 radical (unpaired) electrons. The van der Waals surface area contributed by atoms with Crippen molar-refractivity contribution in [1.82, 2.24) is 14.9 Å². The topological polar surface area (TPSA) is 109 Å². The number of ether oxygens (including phenoxy) is 2. The average molecular weight is 473 g/mol. The van der Waals surface area contributed by atoms with Crippen LogP contribution in [0.4, 0.5) is 4.79 Å². The maximum absolute atomic E-state index is 12.4. The molecule has 0 aromatic carbocycles. The maximum Gasteiger partial charge on any atom is 0.410 e. The van der Waals surface area contributed by atoms with Crippen molar-refractivity contribution in [3.8, 4) is 11.9 Å². The minimum absolute atomic E-state index is 0.0199. The first kappa shape index (κ1) is 23.7. The number of carbonyl (C=O) groups excluding carboxylic acids is 1. The van der Waals surface area contributed by atoms with Gasteiger partial charge in [-0.1, -0.05) is 0 Å². The average Bonchev–Trinajstić information content (AvgIpc) is 3.32. The van der Waals surface area contributed by atoms with Gasteiger partial charge in [0, 0.05) is 18.0 Å². The summed E-state index contributed by atoms with van der Waals surface area (Å²) in [5.74, 6) is 0.717. The molecule has 0 bridgehead atoms. The third-order valence-corrected chi connectivity index (χ3v) is 7.68. The number of nitriles is 1. The highest BCUT2D eigenvalue weighted by atomic mass is 32.1. The summed E-state index contributed by atoms with van der Waals surface area (Å²) in [6.07, 6.45) is 5.92. The van der Waals surface area contributed by atoms with Crippen LogP contribution in [0.3, 0.4) is 0 Å². The van der Waals surface area contributed by atoms with E-state index in [-0.39, 0.29) is 24.2 Å². The molecule has 0 saturated heterocycles. The van der Waals surface area contributed by atoms with Crippen LogP contribution in [0.1, 0.15) is 75.7 Å². The summed E-state index contributed by atoms with van der Waals surface area (Å²) in [5.41, 5.74) is 0.643. The highest BCUT2D eigenvalue weighted by molar-refractivity contribution is 7.19. The molecular formula is C24H32N4O4S. The van der Waals surface area contributed by atoms with Crippen molar-refractivity contribution in [2.45, 2.75) is 95.5 Å². The lowest BCUT2D eigenvalue weighted by molar-refractivity contribution is 0.0137. The van der Waals surface area contributed by atoms with Crippen LogP contribution in [-0.2, 0) is 11.2 Å². The van der Waals surface area contributed by atoms with Gasteiger partial charge in [-0.05, 0) is 77.2 Å². The monoisotopic (exact) mass is 472 g/mol. The van der Waals surface area contributed by atoms with Gasteiger partial charge in [0.15, 0.2) is 0 Å². The Bertz CT molecular complexity index is 1050. The highest BCUT2D eigenvalue weighted by Gasteiger charge is 2.33. The third-order valence-electron chi connectivity index (χ3n) is 6.50. The summed E-state index contributed by atoms with van der Waals surface area (Å²) in [6.45, 7) is 5.62. The van der Waals surface area contributed by atoms with Gasteiger partial charge in [0.25, 0.3) is 0 Å². The van der Waals surface area contributed by atoms with Gasteiger partial charge in [-0.25, -0.2) is 14.8 Å². The SMILES string of the molecule is CN(C(=O)OC(C)(C)C)C1CCC(Oc2ncnc3sc4c(c23)[C@@H](C[C@H](O)C#N)CC4)CC1. The summed E-state index contributed by atoms with van der Waals surface area (Å²) in [6, 6.07) is 2.07. The number of aliphatic hydroxyl groups excluding tert-OH is 1. The van der Waals surface area contributed by atoms with Crippen LogP contribution in [0.2, 0.25) is 0 Å². The van der Waals surface area contributed by atoms with E-state index in [1.807, 2.05) is 26.8 Å². The number of fused-ring (bicyclic) bond motifs is 3. The van der Waals surface area contributed by atoms with E-state index in [1.54, 1.807) is 29.6 Å². The number of thiophene rings is 1. The highest BCUT2D eigenvalue weighted by Crippen LogP contribution is 2.47. The molecular weight excluding hydrogens is 440 g/mol. The lowest BCUT2D eigenvalue weighted by Gasteiger charge is -2.35. The zero-order chi connectivity index (χ0) is 23.8. The van der Waals surface area contributed by atoms with E-state index in [9.17, 15) is 9.90 Å². The second-order valence-electron chi connectivity index (χ2n) is 10.1. The molecule has 1 amide bonds. The van der Waals surface area contributed by atoms with Gasteiger partial charge >= 0.3 is 6.09 Å². The fourth-order valence-electron chi connectivity index (χ4n) is 4.88. The molecule has 0 spiro atoms. The largest absolute Gasteiger partial charge is 0.474 e. The Balaban J connectivity index is 1.45. The van der Waals surface area contributed by atoms with Crippen LogP contribution in [-0.4, -0.2) is 57.0 Å². The lowest BCUT2D eigenvalue weighted by atomic mass is 9.92. The molecule has 1 fully saturated rings. The zero-order valence-corrected chi connectivity index (χ0v) is 20.5. The van der Waals surface area contributed by atoms with Crippen LogP contribution < -0.4 is 4.74 Å². The number of amides is 1. The Labute approximate surface area is 198 Å². The van der Waals surface area contributed by atoms with Crippen LogP contribution in [0.5, 0.6) is 5.88 Å². The molecule has 1 saturated carbocycles. The van der Waals surface area contributed by atoms with E-state index in [1.165, 1.54) is 4.88 Å². The van der Waals surface area contributed by atoms with Gasteiger partial charge in [0.1, 0.15) is 29.0 Å². The molecule has 4 rings (SSSR count). The second kappa shape index (κ2) is 9.43. The van der Waals surface area contributed by atoms with E-state index in [0.29, 0.717) is 12.3 Å². The number of hydrogen-bond acceptors (Lipinski definition) is 8. The van der Waals surface area contributed by atoms with Gasteiger partial charge < -0.3 is 19.5 Å². The van der Waals surface area contributed by atoms with Gasteiger partial charge in [-0.3, -0.25) is 0 Å². The smallest absolute Gasteiger partial charge is 0.410 e. The van der Waals surface area contributed by atoms with Crippen LogP contribution >= 0.6 is 11.3 Å². The maximum atomic E-state index is 12.4. The van der Waals surface area contributed by atoms with E-state index >= 15 is 0 Å². The Morgan fingerprint density at radius 2 is 2.03 bits per heavy atom. The molecule has 178 valence electrons. The van der Waals surface area contributed by atoms with Crippen LogP contribution in [0, 0.1) is 11.3 Å². The van der Waals surface area contributed by atoms with Crippen molar-refractivity contribution in [3.05, 3.63) is 16.8 Å². The van der Waals surface area contributed by atoms with Crippen molar-refractivity contribution < 1.29 is 19.4 Å². The Morgan fingerprint density at radius 1 is 1.30 bits per heavy atom. The van der Waals surface area contributed by atoms with Crippen molar-refractivity contribution in [2.75, 3.05) is 7.05 Å². The number of aromatic nitrogens is 2. The minimum Gasteiger partial charge on any atom is -0.474 e. The first-order valence-corrected chi connectivity index (χ1v) is 12.4. The first-order valence-electron chi connectivity index (χ1n) is 11.6. The summed E-state index contributed by atoms with van der Waals surface area (Å²) in [7, 11) is 1.80.